The van der Waals surface area contributed by atoms with E-state index in [0.29, 0.717) is 5.76 Å². The summed E-state index contributed by atoms with van der Waals surface area (Å²) in [5.41, 5.74) is 2.07. The molecular formula is C26H27N2NaO8S. The zero-order valence-electron chi connectivity index (χ0n) is 21.9. The fourth-order valence-electron chi connectivity index (χ4n) is 4.15. The molecule has 3 heterocycles. The number of benzene rings is 1. The molecule has 0 saturated carbocycles. The second kappa shape index (κ2) is 12.4. The molecule has 1 aromatic carbocycles. The van der Waals surface area contributed by atoms with E-state index in [2.05, 4.69) is 19.2 Å². The maximum Gasteiger partial charge on any atom is 1.00 e. The van der Waals surface area contributed by atoms with Crippen molar-refractivity contribution < 1.29 is 67.7 Å². The summed E-state index contributed by atoms with van der Waals surface area (Å²) in [4.78, 5) is 49.4. The summed E-state index contributed by atoms with van der Waals surface area (Å²) in [7, 11) is 0. The van der Waals surface area contributed by atoms with Crippen LogP contribution in [-0.4, -0.2) is 52.4 Å². The Labute approximate surface area is 246 Å². The minimum absolute atomic E-state index is 0. The maximum absolute atomic E-state index is 12.8. The molecule has 2 atom stereocenters. The van der Waals surface area contributed by atoms with Crippen LogP contribution in [0.2, 0.25) is 0 Å². The smallest absolute Gasteiger partial charge is 0.543 e. The van der Waals surface area contributed by atoms with Crippen LogP contribution in [0.15, 0.2) is 46.0 Å². The van der Waals surface area contributed by atoms with Gasteiger partial charge in [0.25, 0.3) is 11.8 Å². The third-order valence-electron chi connectivity index (χ3n) is 6.02. The van der Waals surface area contributed by atoms with E-state index in [1.807, 2.05) is 25.1 Å². The summed E-state index contributed by atoms with van der Waals surface area (Å²) in [6.07, 6.45) is 0. The summed E-state index contributed by atoms with van der Waals surface area (Å²) in [5.74, 6) is -1.65. The monoisotopic (exact) mass is 550 g/mol. The van der Waals surface area contributed by atoms with Crippen molar-refractivity contribution in [3.05, 3.63) is 64.2 Å². The molecule has 38 heavy (non-hydrogen) atoms. The summed E-state index contributed by atoms with van der Waals surface area (Å²) in [5, 5.41) is 13.7. The molecule has 2 amide bonds. The molecule has 2 aromatic rings. The van der Waals surface area contributed by atoms with Crippen LogP contribution in [0.4, 0.5) is 0 Å². The Kier molecular flexibility index (Phi) is 9.74. The molecule has 196 valence electrons. The molecule has 0 bridgehead atoms. The number of ether oxygens (including phenoxy) is 2. The Balaban J connectivity index is 0.00000400. The van der Waals surface area contributed by atoms with E-state index in [0.717, 1.165) is 21.8 Å². The average Bonchev–Trinajstić information content (AvgIpc) is 3.32. The Hall–Kier alpha value is -2.73. The number of β-lactam (4-membered cyclic amide) rings is 1. The normalized spacial score (nSPS) is 18.3. The van der Waals surface area contributed by atoms with E-state index in [1.54, 1.807) is 6.07 Å². The second-order valence-electron chi connectivity index (χ2n) is 9.13. The van der Waals surface area contributed by atoms with E-state index in [4.69, 9.17) is 13.9 Å². The second-order valence-corrected chi connectivity index (χ2v) is 10.2. The number of rotatable bonds is 9. The van der Waals surface area contributed by atoms with Crippen LogP contribution in [0.25, 0.3) is 0 Å². The number of aliphatic carboxylic acids is 1. The molecule has 2 unspecified atom stereocenters. The first-order valence-electron chi connectivity index (χ1n) is 11.7. The molecule has 1 saturated heterocycles. The predicted octanol–water partition coefficient (Wildman–Crippen LogP) is -1.12. The van der Waals surface area contributed by atoms with Crippen LogP contribution < -0.4 is 44.7 Å². The Morgan fingerprint density at radius 2 is 1.95 bits per heavy atom. The van der Waals surface area contributed by atoms with Crippen LogP contribution in [0.3, 0.4) is 0 Å². The fraction of sp³-hybridized carbons (Fsp3) is 0.385. The number of hydrogen-bond acceptors (Lipinski definition) is 9. The molecule has 1 fully saturated rings. The van der Waals surface area contributed by atoms with E-state index in [-0.39, 0.29) is 71.5 Å². The Morgan fingerprint density at radius 1 is 1.21 bits per heavy atom. The number of amides is 2. The number of carbonyl (C=O) groups excluding carboxylic acids is 4. The molecule has 1 aromatic heterocycles. The van der Waals surface area contributed by atoms with Crippen molar-refractivity contribution in [2.45, 2.75) is 51.6 Å². The predicted molar refractivity (Wildman–Crippen MR) is 131 cm³/mol. The van der Waals surface area contributed by atoms with Gasteiger partial charge in [-0.25, -0.2) is 0 Å². The van der Waals surface area contributed by atoms with Crippen molar-refractivity contribution in [3.63, 3.8) is 0 Å². The van der Waals surface area contributed by atoms with Crippen molar-refractivity contribution in [3.8, 4) is 5.75 Å². The molecule has 2 aliphatic heterocycles. The standard InChI is InChI=1S/C26H28N2O8S.Na/c1-13(2)18-7-5-14(3)9-20(18)35-11-17-6-8-19(36-17)23(30)27-21-24(31)28-22(26(32)33)16(10-34-15(4)29)12-37-25(21)28;/h5-9,13,21,25H,10-12H2,1-4H3,(H,27,30)(H,32,33);/q;+1/p-1. The third-order valence-corrected chi connectivity index (χ3v) is 7.36. The number of esters is 1. The number of hydrogen-bond donors (Lipinski definition) is 1. The van der Waals surface area contributed by atoms with Crippen molar-refractivity contribution >= 4 is 35.5 Å². The number of fused-ring (bicyclic) bond motifs is 1. The first-order chi connectivity index (χ1) is 17.6. The van der Waals surface area contributed by atoms with Gasteiger partial charge in [-0.05, 0) is 42.2 Å². The zero-order valence-corrected chi connectivity index (χ0v) is 24.7. The first-order valence-corrected chi connectivity index (χ1v) is 12.8. The van der Waals surface area contributed by atoms with Gasteiger partial charge in [0.1, 0.15) is 36.1 Å². The quantitative estimate of drug-likeness (QED) is 0.234. The van der Waals surface area contributed by atoms with Crippen LogP contribution in [0.1, 0.15) is 54.1 Å². The van der Waals surface area contributed by atoms with E-state index >= 15 is 0 Å². The van der Waals surface area contributed by atoms with Gasteiger partial charge in [-0.1, -0.05) is 26.0 Å². The van der Waals surface area contributed by atoms with Crippen LogP contribution in [0, 0.1) is 6.92 Å². The van der Waals surface area contributed by atoms with E-state index < -0.39 is 35.2 Å². The van der Waals surface area contributed by atoms with Gasteiger partial charge in [-0.2, -0.15) is 0 Å². The minimum Gasteiger partial charge on any atom is -0.543 e. The van der Waals surface area contributed by atoms with Gasteiger partial charge in [0, 0.05) is 18.2 Å². The zero-order chi connectivity index (χ0) is 26.9. The minimum atomic E-state index is -1.55. The van der Waals surface area contributed by atoms with Crippen molar-refractivity contribution in [2.24, 2.45) is 0 Å². The van der Waals surface area contributed by atoms with E-state index in [9.17, 15) is 24.3 Å². The maximum atomic E-state index is 12.8. The summed E-state index contributed by atoms with van der Waals surface area (Å²) >= 11 is 1.26. The molecule has 0 radical (unpaired) electrons. The number of carboxylic acid groups (broad SMARTS) is 1. The number of aryl methyl sites for hydroxylation is 1. The molecule has 0 aliphatic carbocycles. The Bertz CT molecular complexity index is 1290. The number of thioether (sulfide) groups is 1. The van der Waals surface area contributed by atoms with Gasteiger partial charge in [0.2, 0.25) is 0 Å². The van der Waals surface area contributed by atoms with Gasteiger partial charge in [0.15, 0.2) is 5.76 Å². The van der Waals surface area contributed by atoms with Crippen LogP contribution in [0.5, 0.6) is 5.75 Å². The molecule has 2 aliphatic rings. The van der Waals surface area contributed by atoms with Crippen molar-refractivity contribution in [1.82, 2.24) is 10.2 Å². The third kappa shape index (κ3) is 6.28. The molecule has 12 heteroatoms. The van der Waals surface area contributed by atoms with Gasteiger partial charge < -0.3 is 29.1 Å². The largest absolute Gasteiger partial charge is 1.00 e. The van der Waals surface area contributed by atoms with Gasteiger partial charge in [0.05, 0.1) is 11.7 Å². The van der Waals surface area contributed by atoms with Gasteiger partial charge in [-0.3, -0.25) is 19.3 Å². The van der Waals surface area contributed by atoms with Crippen molar-refractivity contribution in [1.29, 1.82) is 0 Å². The average molecular weight is 551 g/mol. The summed E-state index contributed by atoms with van der Waals surface area (Å²) in [6, 6.07) is 8.19. The number of carbonyl (C=O) groups is 4. The number of furan rings is 1. The summed E-state index contributed by atoms with van der Waals surface area (Å²) in [6.45, 7) is 7.20. The topological polar surface area (TPSA) is 138 Å². The van der Waals surface area contributed by atoms with Crippen molar-refractivity contribution in [2.75, 3.05) is 12.4 Å². The summed E-state index contributed by atoms with van der Waals surface area (Å²) < 4.78 is 16.5. The van der Waals surface area contributed by atoms with E-state index in [1.165, 1.54) is 24.8 Å². The van der Waals surface area contributed by atoms with Crippen LogP contribution >= 0.6 is 11.8 Å². The number of nitrogens with one attached hydrogen (secondary N) is 1. The number of carboxylic acids is 1. The number of nitrogens with zero attached hydrogens (tertiary/aromatic N) is 1. The molecule has 1 N–H and O–H groups in total. The Morgan fingerprint density at radius 3 is 2.61 bits per heavy atom. The van der Waals surface area contributed by atoms with Gasteiger partial charge >= 0.3 is 35.5 Å². The molecule has 10 nitrogen and oxygen atoms in total. The molecule has 0 spiro atoms. The molecule has 4 rings (SSSR count). The molecular weight excluding hydrogens is 523 g/mol. The fourth-order valence-corrected chi connectivity index (χ4v) is 5.48. The first kappa shape index (κ1) is 29.8. The van der Waals surface area contributed by atoms with Crippen LogP contribution in [-0.2, 0) is 25.7 Å². The van der Waals surface area contributed by atoms with Gasteiger partial charge in [-0.15, -0.1) is 11.8 Å². The SMILES string of the molecule is CC(=O)OCC1=C(C(=O)[O-])N2C(=O)C(NC(=O)c3ccc(COc4cc(C)ccc4C(C)C)o3)C2SC1.[Na+].